The van der Waals surface area contributed by atoms with Gasteiger partial charge in [-0.3, -0.25) is 4.79 Å². The molecule has 1 aromatic rings. The lowest BCUT2D eigenvalue weighted by Crippen LogP contribution is -2.00. The Hall–Kier alpha value is -1.90. The van der Waals surface area contributed by atoms with E-state index in [1.54, 1.807) is 6.20 Å². The van der Waals surface area contributed by atoms with E-state index in [9.17, 15) is 4.79 Å². The summed E-state index contributed by atoms with van der Waals surface area (Å²) >= 11 is 0. The first-order chi connectivity index (χ1) is 9.58. The quantitative estimate of drug-likeness (QED) is 0.448. The molecule has 0 aromatic carbocycles. The third-order valence-electron chi connectivity index (χ3n) is 3.79. The zero-order valence-corrected chi connectivity index (χ0v) is 12.5. The molecule has 106 valence electrons. The number of hydrogen-bond donors (Lipinski definition) is 0. The summed E-state index contributed by atoms with van der Waals surface area (Å²) in [6.07, 6.45) is 9.97. The van der Waals surface area contributed by atoms with Gasteiger partial charge in [0.1, 0.15) is 12.1 Å². The molecule has 3 heteroatoms. The Bertz CT molecular complexity index is 586. The van der Waals surface area contributed by atoms with Crippen molar-refractivity contribution in [2.75, 3.05) is 0 Å². The Balaban J connectivity index is 2.30. The van der Waals surface area contributed by atoms with Crippen LogP contribution in [-0.2, 0) is 11.2 Å². The number of allylic oxidation sites excluding steroid dienone is 4. The van der Waals surface area contributed by atoms with Crippen LogP contribution in [0.4, 0.5) is 0 Å². The molecule has 0 atom stereocenters. The standard InChI is InChI=1S/C17H22N2O/c1-5-16-18-8-9-19(16)10-12(2)14(4)17(13(3)11-20)15-6-7-15/h8-11,15H,4-7H2,1-3H3/b12-10+,17-13-. The van der Waals surface area contributed by atoms with Crippen molar-refractivity contribution in [2.45, 2.75) is 40.0 Å². The number of hydrogen-bond acceptors (Lipinski definition) is 2. The van der Waals surface area contributed by atoms with Gasteiger partial charge in [0, 0.05) is 25.0 Å². The number of carbonyl (C=O) groups is 1. The average molecular weight is 270 g/mol. The van der Waals surface area contributed by atoms with Crippen LogP contribution >= 0.6 is 0 Å². The second-order valence-electron chi connectivity index (χ2n) is 5.38. The molecule has 2 rings (SSSR count). The minimum Gasteiger partial charge on any atom is -0.310 e. The number of aldehydes is 1. The van der Waals surface area contributed by atoms with E-state index in [-0.39, 0.29) is 0 Å². The summed E-state index contributed by atoms with van der Waals surface area (Å²) < 4.78 is 2.03. The first-order valence-corrected chi connectivity index (χ1v) is 7.14. The van der Waals surface area contributed by atoms with Crippen molar-refractivity contribution in [2.24, 2.45) is 5.92 Å². The first-order valence-electron chi connectivity index (χ1n) is 7.14. The van der Waals surface area contributed by atoms with Crippen LogP contribution in [0, 0.1) is 5.92 Å². The molecule has 0 radical (unpaired) electrons. The van der Waals surface area contributed by atoms with E-state index in [0.29, 0.717) is 5.92 Å². The highest BCUT2D eigenvalue weighted by Crippen LogP contribution is 2.42. The molecule has 0 bridgehead atoms. The highest BCUT2D eigenvalue weighted by atomic mass is 16.1. The summed E-state index contributed by atoms with van der Waals surface area (Å²) in [5.41, 5.74) is 4.01. The third-order valence-corrected chi connectivity index (χ3v) is 3.79. The Labute approximate surface area is 120 Å². The molecule has 0 N–H and O–H groups in total. The van der Waals surface area contributed by atoms with Crippen LogP contribution in [0.5, 0.6) is 0 Å². The van der Waals surface area contributed by atoms with Crippen molar-refractivity contribution < 1.29 is 4.79 Å². The van der Waals surface area contributed by atoms with Gasteiger partial charge in [-0.1, -0.05) is 13.5 Å². The fraction of sp³-hybridized carbons (Fsp3) is 0.412. The van der Waals surface area contributed by atoms with E-state index >= 15 is 0 Å². The molecular weight excluding hydrogens is 248 g/mol. The van der Waals surface area contributed by atoms with Gasteiger partial charge in [-0.25, -0.2) is 4.98 Å². The molecule has 1 saturated carbocycles. The molecule has 0 unspecified atom stereocenters. The molecule has 1 fully saturated rings. The van der Waals surface area contributed by atoms with Crippen molar-refractivity contribution in [1.82, 2.24) is 9.55 Å². The van der Waals surface area contributed by atoms with Crippen LogP contribution in [0.1, 0.15) is 39.4 Å². The summed E-state index contributed by atoms with van der Waals surface area (Å²) in [4.78, 5) is 15.4. The van der Waals surface area contributed by atoms with Gasteiger partial charge in [-0.2, -0.15) is 0 Å². The Morgan fingerprint density at radius 1 is 1.50 bits per heavy atom. The summed E-state index contributed by atoms with van der Waals surface area (Å²) in [5, 5.41) is 0. The minimum atomic E-state index is 0.518. The fourth-order valence-electron chi connectivity index (χ4n) is 2.48. The number of nitrogens with zero attached hydrogens (tertiary/aromatic N) is 2. The molecule has 0 aliphatic heterocycles. The van der Waals surface area contributed by atoms with E-state index in [2.05, 4.69) is 24.7 Å². The van der Waals surface area contributed by atoms with Crippen LogP contribution in [-0.4, -0.2) is 15.8 Å². The zero-order valence-electron chi connectivity index (χ0n) is 12.5. The van der Waals surface area contributed by atoms with Crippen LogP contribution in [0.15, 0.2) is 41.3 Å². The van der Waals surface area contributed by atoms with Crippen LogP contribution in [0.2, 0.25) is 0 Å². The van der Waals surface area contributed by atoms with E-state index in [1.807, 2.05) is 24.6 Å². The van der Waals surface area contributed by atoms with E-state index in [1.165, 1.54) is 0 Å². The van der Waals surface area contributed by atoms with E-state index in [0.717, 1.165) is 53.7 Å². The zero-order chi connectivity index (χ0) is 14.7. The lowest BCUT2D eigenvalue weighted by atomic mass is 9.93. The highest BCUT2D eigenvalue weighted by Gasteiger charge is 2.29. The second kappa shape index (κ2) is 6.04. The summed E-state index contributed by atoms with van der Waals surface area (Å²) in [6.45, 7) is 10.2. The summed E-state index contributed by atoms with van der Waals surface area (Å²) in [6, 6.07) is 0. The van der Waals surface area contributed by atoms with Crippen LogP contribution in [0.25, 0.3) is 6.20 Å². The molecule has 3 nitrogen and oxygen atoms in total. The number of carbonyl (C=O) groups excluding carboxylic acids is 1. The van der Waals surface area contributed by atoms with Gasteiger partial charge in [0.15, 0.2) is 0 Å². The predicted molar refractivity (Wildman–Crippen MR) is 82.2 cm³/mol. The maximum Gasteiger partial charge on any atom is 0.146 e. The molecule has 0 amide bonds. The highest BCUT2D eigenvalue weighted by molar-refractivity contribution is 5.77. The number of imidazole rings is 1. The smallest absolute Gasteiger partial charge is 0.146 e. The van der Waals surface area contributed by atoms with Crippen molar-refractivity contribution in [3.05, 3.63) is 47.1 Å². The molecule has 0 spiro atoms. The maximum atomic E-state index is 11.1. The largest absolute Gasteiger partial charge is 0.310 e. The van der Waals surface area contributed by atoms with Crippen molar-refractivity contribution in [1.29, 1.82) is 0 Å². The second-order valence-corrected chi connectivity index (χ2v) is 5.38. The topological polar surface area (TPSA) is 34.9 Å². The maximum absolute atomic E-state index is 11.1. The molecule has 1 aromatic heterocycles. The van der Waals surface area contributed by atoms with E-state index < -0.39 is 0 Å². The number of rotatable bonds is 6. The molecular formula is C17H22N2O. The minimum absolute atomic E-state index is 0.518. The van der Waals surface area contributed by atoms with Crippen LogP contribution in [0.3, 0.4) is 0 Å². The van der Waals surface area contributed by atoms with Gasteiger partial charge < -0.3 is 4.57 Å². The average Bonchev–Trinajstić information content (AvgIpc) is 3.17. The Morgan fingerprint density at radius 3 is 2.75 bits per heavy atom. The monoisotopic (exact) mass is 270 g/mol. The molecule has 1 aliphatic carbocycles. The molecule has 0 saturated heterocycles. The molecule has 1 aliphatic rings. The van der Waals surface area contributed by atoms with Gasteiger partial charge >= 0.3 is 0 Å². The van der Waals surface area contributed by atoms with Crippen molar-refractivity contribution in [3.63, 3.8) is 0 Å². The van der Waals surface area contributed by atoms with Crippen molar-refractivity contribution in [3.8, 4) is 0 Å². The normalized spacial score (nSPS) is 16.9. The predicted octanol–water partition coefficient (Wildman–Crippen LogP) is 3.79. The fourth-order valence-corrected chi connectivity index (χ4v) is 2.48. The van der Waals surface area contributed by atoms with Gasteiger partial charge in [-0.15, -0.1) is 0 Å². The van der Waals surface area contributed by atoms with Gasteiger partial charge in [-0.05, 0) is 54.9 Å². The number of aryl methyl sites for hydroxylation is 1. The SMILES string of the molecule is C=C(/C(C)=C/n1ccnc1CC)/C(=C(\C)C=O)C1CC1. The molecule has 1 heterocycles. The van der Waals surface area contributed by atoms with Crippen LogP contribution < -0.4 is 0 Å². The number of aromatic nitrogens is 2. The lowest BCUT2D eigenvalue weighted by Gasteiger charge is -2.13. The lowest BCUT2D eigenvalue weighted by molar-refractivity contribution is -0.104. The first kappa shape index (κ1) is 14.5. The summed E-state index contributed by atoms with van der Waals surface area (Å²) in [7, 11) is 0. The van der Waals surface area contributed by atoms with Gasteiger partial charge in [0.25, 0.3) is 0 Å². The Kier molecular flexibility index (Phi) is 4.38. The molecule has 20 heavy (non-hydrogen) atoms. The third kappa shape index (κ3) is 2.98. The van der Waals surface area contributed by atoms with E-state index in [4.69, 9.17) is 0 Å². The Morgan fingerprint density at radius 2 is 2.20 bits per heavy atom. The van der Waals surface area contributed by atoms with Crippen molar-refractivity contribution >= 4 is 12.5 Å². The summed E-state index contributed by atoms with van der Waals surface area (Å²) in [5.74, 6) is 1.55. The van der Waals surface area contributed by atoms with Gasteiger partial charge in [0.2, 0.25) is 0 Å². The van der Waals surface area contributed by atoms with Gasteiger partial charge in [0.05, 0.1) is 0 Å².